The fraction of sp³-hybridized carbons (Fsp3) is 0.467. The Labute approximate surface area is 109 Å². The summed E-state index contributed by atoms with van der Waals surface area (Å²) in [6.07, 6.45) is 1.81. The number of hydrogen-bond donors (Lipinski definition) is 2. The average Bonchev–Trinajstić information content (AvgIpc) is 2.77. The quantitative estimate of drug-likeness (QED) is 0.821. The third kappa shape index (κ3) is 2.85. The van der Waals surface area contributed by atoms with Gasteiger partial charge >= 0.3 is 0 Å². The number of rotatable bonds is 6. The van der Waals surface area contributed by atoms with Crippen molar-refractivity contribution in [1.82, 2.24) is 5.32 Å². The predicted molar refractivity (Wildman–Crippen MR) is 77.0 cm³/mol. The van der Waals surface area contributed by atoms with E-state index in [2.05, 4.69) is 30.5 Å². The zero-order chi connectivity index (χ0) is 13.0. The first-order valence-corrected chi connectivity index (χ1v) is 6.57. The highest BCUT2D eigenvalue weighted by atomic mass is 16.3. The van der Waals surface area contributed by atoms with Crippen LogP contribution in [0.3, 0.4) is 0 Å². The summed E-state index contributed by atoms with van der Waals surface area (Å²) in [5.41, 5.74) is 2.03. The summed E-state index contributed by atoms with van der Waals surface area (Å²) in [6.45, 7) is 6.51. The van der Waals surface area contributed by atoms with Crippen molar-refractivity contribution < 1.29 is 4.42 Å². The summed E-state index contributed by atoms with van der Waals surface area (Å²) in [5.74, 6) is 1.27. The van der Waals surface area contributed by atoms with Crippen LogP contribution in [0.1, 0.15) is 13.8 Å². The van der Waals surface area contributed by atoms with Crippen molar-refractivity contribution in [2.24, 2.45) is 11.8 Å². The lowest BCUT2D eigenvalue weighted by Gasteiger charge is -2.21. The highest BCUT2D eigenvalue weighted by Crippen LogP contribution is 2.25. The first kappa shape index (κ1) is 13.0. The van der Waals surface area contributed by atoms with Crippen LogP contribution in [0.15, 0.2) is 34.9 Å². The molecule has 1 aromatic carbocycles. The van der Waals surface area contributed by atoms with Crippen LogP contribution in [0, 0.1) is 11.8 Å². The molecule has 0 radical (unpaired) electrons. The van der Waals surface area contributed by atoms with Crippen molar-refractivity contribution in [2.45, 2.75) is 13.8 Å². The smallest absolute Gasteiger partial charge is 0.136 e. The fourth-order valence-corrected chi connectivity index (χ4v) is 2.16. The second kappa shape index (κ2) is 5.91. The molecule has 0 amide bonds. The lowest BCUT2D eigenvalue weighted by molar-refractivity contribution is 0.390. The Morgan fingerprint density at radius 1 is 1.17 bits per heavy atom. The van der Waals surface area contributed by atoms with Crippen molar-refractivity contribution in [3.8, 4) is 0 Å². The third-order valence-electron chi connectivity index (χ3n) is 3.44. The van der Waals surface area contributed by atoms with Crippen LogP contribution in [-0.4, -0.2) is 20.1 Å². The summed E-state index contributed by atoms with van der Waals surface area (Å²) in [4.78, 5) is 0. The van der Waals surface area contributed by atoms with Gasteiger partial charge in [-0.1, -0.05) is 26.0 Å². The van der Waals surface area contributed by atoms with Crippen molar-refractivity contribution in [3.63, 3.8) is 0 Å². The first-order chi connectivity index (χ1) is 8.72. The molecule has 0 aliphatic carbocycles. The van der Waals surface area contributed by atoms with E-state index in [1.165, 1.54) is 0 Å². The molecule has 3 nitrogen and oxygen atoms in total. The van der Waals surface area contributed by atoms with E-state index in [0.29, 0.717) is 11.8 Å². The normalized spacial score (nSPS) is 13.1. The average molecular weight is 246 g/mol. The van der Waals surface area contributed by atoms with Crippen LogP contribution in [0.2, 0.25) is 0 Å². The van der Waals surface area contributed by atoms with Crippen LogP contribution in [0.5, 0.6) is 0 Å². The zero-order valence-electron chi connectivity index (χ0n) is 11.4. The molecule has 0 aliphatic rings. The van der Waals surface area contributed by atoms with Crippen LogP contribution in [0.25, 0.3) is 11.0 Å². The van der Waals surface area contributed by atoms with E-state index in [4.69, 9.17) is 4.42 Å². The number of benzene rings is 1. The van der Waals surface area contributed by atoms with Gasteiger partial charge in [0.15, 0.2) is 0 Å². The molecule has 1 atom stereocenters. The highest BCUT2D eigenvalue weighted by molar-refractivity contribution is 5.90. The summed E-state index contributed by atoms with van der Waals surface area (Å²) in [6, 6.07) is 8.11. The second-order valence-corrected chi connectivity index (χ2v) is 5.09. The molecule has 0 aliphatic heterocycles. The van der Waals surface area contributed by atoms with E-state index in [-0.39, 0.29) is 0 Å². The minimum absolute atomic E-state index is 0.615. The Kier molecular flexibility index (Phi) is 4.26. The molecule has 0 fully saturated rings. The lowest BCUT2D eigenvalue weighted by Crippen LogP contribution is -2.29. The Balaban J connectivity index is 2.05. The molecule has 0 spiro atoms. The minimum Gasteiger partial charge on any atom is -0.462 e. The molecule has 98 valence electrons. The molecular weight excluding hydrogens is 224 g/mol. The number of furan rings is 1. The fourth-order valence-electron chi connectivity index (χ4n) is 2.16. The molecule has 0 saturated heterocycles. The lowest BCUT2D eigenvalue weighted by atomic mass is 9.95. The largest absolute Gasteiger partial charge is 0.462 e. The summed E-state index contributed by atoms with van der Waals surface area (Å²) < 4.78 is 5.52. The van der Waals surface area contributed by atoms with Crippen LogP contribution in [-0.2, 0) is 0 Å². The van der Waals surface area contributed by atoms with E-state index in [1.807, 2.05) is 25.2 Å². The maximum atomic E-state index is 5.52. The summed E-state index contributed by atoms with van der Waals surface area (Å²) in [5, 5.41) is 7.91. The van der Waals surface area contributed by atoms with E-state index >= 15 is 0 Å². The standard InChI is InChI=1S/C15H22N2O/c1-11(2)12(8-16-3)9-17-14-10-18-15-7-5-4-6-13(14)15/h4-7,10-12,16-17H,8-9H2,1-3H3. The predicted octanol–water partition coefficient (Wildman–Crippen LogP) is 3.34. The van der Waals surface area contributed by atoms with E-state index in [1.54, 1.807) is 6.26 Å². The molecule has 2 N–H and O–H groups in total. The molecule has 1 unspecified atom stereocenters. The van der Waals surface area contributed by atoms with Gasteiger partial charge in [0.25, 0.3) is 0 Å². The summed E-state index contributed by atoms with van der Waals surface area (Å²) in [7, 11) is 2.00. The Hall–Kier alpha value is -1.48. The van der Waals surface area contributed by atoms with Gasteiger partial charge in [-0.05, 0) is 37.6 Å². The van der Waals surface area contributed by atoms with Gasteiger partial charge in [0.05, 0.1) is 5.69 Å². The van der Waals surface area contributed by atoms with Crippen molar-refractivity contribution in [2.75, 3.05) is 25.5 Å². The Bertz CT molecular complexity index is 490. The number of anilines is 1. The molecule has 2 rings (SSSR count). The van der Waals surface area contributed by atoms with Crippen LogP contribution < -0.4 is 10.6 Å². The maximum Gasteiger partial charge on any atom is 0.136 e. The van der Waals surface area contributed by atoms with Crippen LogP contribution in [0.4, 0.5) is 5.69 Å². The maximum absolute atomic E-state index is 5.52. The minimum atomic E-state index is 0.615. The van der Waals surface area contributed by atoms with Gasteiger partial charge in [-0.15, -0.1) is 0 Å². The molecule has 2 aromatic rings. The topological polar surface area (TPSA) is 37.2 Å². The third-order valence-corrected chi connectivity index (χ3v) is 3.44. The Morgan fingerprint density at radius 3 is 2.67 bits per heavy atom. The van der Waals surface area contributed by atoms with E-state index < -0.39 is 0 Å². The summed E-state index contributed by atoms with van der Waals surface area (Å²) >= 11 is 0. The molecule has 1 aromatic heterocycles. The highest BCUT2D eigenvalue weighted by Gasteiger charge is 2.13. The van der Waals surface area contributed by atoms with Gasteiger partial charge in [0.2, 0.25) is 0 Å². The van der Waals surface area contributed by atoms with Crippen molar-refractivity contribution in [1.29, 1.82) is 0 Å². The number of para-hydroxylation sites is 1. The Morgan fingerprint density at radius 2 is 1.94 bits per heavy atom. The van der Waals surface area contributed by atoms with Crippen LogP contribution >= 0.6 is 0 Å². The number of fused-ring (bicyclic) bond motifs is 1. The monoisotopic (exact) mass is 246 g/mol. The van der Waals surface area contributed by atoms with Gasteiger partial charge in [-0.2, -0.15) is 0 Å². The molecule has 0 saturated carbocycles. The van der Waals surface area contributed by atoms with Gasteiger partial charge in [0, 0.05) is 11.9 Å². The molecule has 3 heteroatoms. The zero-order valence-corrected chi connectivity index (χ0v) is 11.4. The molecular formula is C15H22N2O. The second-order valence-electron chi connectivity index (χ2n) is 5.09. The number of hydrogen-bond acceptors (Lipinski definition) is 3. The van der Waals surface area contributed by atoms with E-state index in [0.717, 1.165) is 29.7 Å². The first-order valence-electron chi connectivity index (χ1n) is 6.57. The van der Waals surface area contributed by atoms with Gasteiger partial charge in [0.1, 0.15) is 11.8 Å². The van der Waals surface area contributed by atoms with Gasteiger partial charge < -0.3 is 15.1 Å². The van der Waals surface area contributed by atoms with Crippen molar-refractivity contribution in [3.05, 3.63) is 30.5 Å². The molecule has 0 bridgehead atoms. The molecule has 18 heavy (non-hydrogen) atoms. The molecule has 1 heterocycles. The SMILES string of the molecule is CNCC(CNc1coc2ccccc12)C(C)C. The van der Waals surface area contributed by atoms with Gasteiger partial charge in [-0.3, -0.25) is 0 Å². The van der Waals surface area contributed by atoms with E-state index in [9.17, 15) is 0 Å². The van der Waals surface area contributed by atoms with Gasteiger partial charge in [-0.25, -0.2) is 0 Å². The number of nitrogens with one attached hydrogen (secondary N) is 2. The van der Waals surface area contributed by atoms with Crippen molar-refractivity contribution >= 4 is 16.7 Å².